The zero-order valence-electron chi connectivity index (χ0n) is 15.9. The van der Waals surface area contributed by atoms with Gasteiger partial charge in [-0.1, -0.05) is 29.8 Å². The van der Waals surface area contributed by atoms with Crippen LogP contribution in [0.5, 0.6) is 0 Å². The molecule has 1 aliphatic heterocycles. The molecule has 0 aromatic heterocycles. The zero-order valence-corrected chi connectivity index (χ0v) is 15.9. The molecular formula is C22H21F4NO2. The van der Waals surface area contributed by atoms with E-state index in [1.54, 1.807) is 4.90 Å². The monoisotopic (exact) mass is 407 g/mol. The van der Waals surface area contributed by atoms with Crippen LogP contribution in [0.4, 0.5) is 23.2 Å². The third kappa shape index (κ3) is 3.12. The number of aryl methyl sites for hydroxylation is 2. The topological polar surface area (TPSA) is 40.5 Å². The fourth-order valence-electron chi connectivity index (χ4n) is 4.28. The molecule has 0 saturated heterocycles. The average Bonchev–Trinajstić information content (AvgIpc) is 2.87. The van der Waals surface area contributed by atoms with Gasteiger partial charge in [-0.25, -0.2) is 4.39 Å². The smallest absolute Gasteiger partial charge is 0.374 e. The van der Waals surface area contributed by atoms with Crippen molar-refractivity contribution < 1.29 is 27.5 Å². The molecule has 4 rings (SSSR count). The van der Waals surface area contributed by atoms with E-state index >= 15 is 0 Å². The second-order valence-corrected chi connectivity index (χ2v) is 7.86. The highest BCUT2D eigenvalue weighted by Crippen LogP contribution is 2.60. The molecule has 29 heavy (non-hydrogen) atoms. The van der Waals surface area contributed by atoms with Crippen molar-refractivity contribution in [3.63, 3.8) is 0 Å². The molecule has 2 unspecified atom stereocenters. The molecule has 0 bridgehead atoms. The number of benzene rings is 2. The highest BCUT2D eigenvalue weighted by molar-refractivity contribution is 5.96. The fraction of sp³-hybridized carbons (Fsp3) is 0.409. The van der Waals surface area contributed by atoms with E-state index < -0.39 is 23.5 Å². The summed E-state index contributed by atoms with van der Waals surface area (Å²) in [7, 11) is 0. The summed E-state index contributed by atoms with van der Waals surface area (Å²) in [5.41, 5.74) is -1.25. The van der Waals surface area contributed by atoms with Gasteiger partial charge >= 0.3 is 6.18 Å². The molecule has 2 aliphatic rings. The molecule has 0 spiro atoms. The number of amides is 1. The summed E-state index contributed by atoms with van der Waals surface area (Å²) < 4.78 is 54.1. The number of fused-ring (bicyclic) bond motifs is 2. The Labute approximate surface area is 166 Å². The number of aliphatic hydroxyl groups is 1. The average molecular weight is 407 g/mol. The predicted molar refractivity (Wildman–Crippen MR) is 100 cm³/mol. The maximum atomic E-state index is 14.4. The lowest BCUT2D eigenvalue weighted by atomic mass is 9.70. The summed E-state index contributed by atoms with van der Waals surface area (Å²) >= 11 is 0. The van der Waals surface area contributed by atoms with E-state index in [0.717, 1.165) is 11.1 Å². The first kappa shape index (κ1) is 19.9. The Balaban J connectivity index is 1.70. The first-order valence-electron chi connectivity index (χ1n) is 9.59. The number of anilines is 1. The molecule has 1 amide bonds. The maximum absolute atomic E-state index is 14.4. The molecular weight excluding hydrogens is 386 g/mol. The second kappa shape index (κ2) is 6.83. The lowest BCUT2D eigenvalue weighted by Gasteiger charge is -2.44. The van der Waals surface area contributed by atoms with E-state index in [0.29, 0.717) is 37.1 Å². The molecule has 154 valence electrons. The molecule has 7 heteroatoms. The van der Waals surface area contributed by atoms with Gasteiger partial charge in [-0.05, 0) is 55.0 Å². The van der Waals surface area contributed by atoms with Crippen LogP contribution in [-0.4, -0.2) is 23.7 Å². The van der Waals surface area contributed by atoms with Crippen LogP contribution in [-0.2, 0) is 23.2 Å². The molecule has 1 heterocycles. The van der Waals surface area contributed by atoms with Crippen LogP contribution in [0.25, 0.3) is 0 Å². The number of halogens is 4. The Hall–Kier alpha value is -2.41. The van der Waals surface area contributed by atoms with Crippen LogP contribution >= 0.6 is 0 Å². The maximum Gasteiger partial charge on any atom is 0.424 e. The summed E-state index contributed by atoms with van der Waals surface area (Å²) in [6.07, 6.45) is -5.63. The number of rotatable bonds is 2. The fourth-order valence-corrected chi connectivity index (χ4v) is 4.28. The van der Waals surface area contributed by atoms with E-state index in [1.165, 1.54) is 12.1 Å². The number of hydrogen-bond acceptors (Lipinski definition) is 2. The van der Waals surface area contributed by atoms with Gasteiger partial charge in [-0.15, -0.1) is 0 Å². The molecule has 0 saturated carbocycles. The van der Waals surface area contributed by atoms with Crippen molar-refractivity contribution in [1.29, 1.82) is 0 Å². The van der Waals surface area contributed by atoms with Crippen LogP contribution in [0.2, 0.25) is 0 Å². The first-order chi connectivity index (χ1) is 13.6. The van der Waals surface area contributed by atoms with Crippen LogP contribution < -0.4 is 4.90 Å². The van der Waals surface area contributed by atoms with Gasteiger partial charge in [0.1, 0.15) is 0 Å². The van der Waals surface area contributed by atoms with Crippen molar-refractivity contribution in [2.24, 2.45) is 0 Å². The SMILES string of the molecule is Cc1cccc(CC(=O)N2CCCCc3cc4c(cc32)C(F)C4(O)C(F)(F)F)c1. The van der Waals surface area contributed by atoms with Crippen molar-refractivity contribution in [3.05, 3.63) is 64.2 Å². The normalized spacial score (nSPS) is 23.7. The Morgan fingerprint density at radius 3 is 2.69 bits per heavy atom. The number of hydrogen-bond donors (Lipinski definition) is 1. The molecule has 2 aromatic rings. The van der Waals surface area contributed by atoms with Gasteiger partial charge in [-0.2, -0.15) is 13.2 Å². The highest BCUT2D eigenvalue weighted by Gasteiger charge is 2.68. The number of carbonyl (C=O) groups excluding carboxylic acids is 1. The van der Waals surface area contributed by atoms with E-state index in [1.807, 2.05) is 31.2 Å². The van der Waals surface area contributed by atoms with Crippen molar-refractivity contribution in [3.8, 4) is 0 Å². The lowest BCUT2D eigenvalue weighted by molar-refractivity contribution is -0.302. The summed E-state index contributed by atoms with van der Waals surface area (Å²) in [6, 6.07) is 10.1. The number of nitrogens with zero attached hydrogens (tertiary/aromatic N) is 1. The van der Waals surface area contributed by atoms with E-state index in [-0.39, 0.29) is 17.9 Å². The van der Waals surface area contributed by atoms with E-state index in [9.17, 15) is 27.5 Å². The van der Waals surface area contributed by atoms with Crippen molar-refractivity contribution in [2.45, 2.75) is 50.6 Å². The van der Waals surface area contributed by atoms with Crippen LogP contribution in [0.3, 0.4) is 0 Å². The van der Waals surface area contributed by atoms with Gasteiger partial charge < -0.3 is 10.0 Å². The van der Waals surface area contributed by atoms with Crippen molar-refractivity contribution in [2.75, 3.05) is 11.4 Å². The Morgan fingerprint density at radius 1 is 1.24 bits per heavy atom. The van der Waals surface area contributed by atoms with E-state index in [2.05, 4.69) is 0 Å². The third-order valence-corrected chi connectivity index (χ3v) is 5.84. The Kier molecular flexibility index (Phi) is 4.69. The minimum absolute atomic E-state index is 0.156. The van der Waals surface area contributed by atoms with Gasteiger partial charge in [0, 0.05) is 17.8 Å². The highest BCUT2D eigenvalue weighted by atomic mass is 19.4. The van der Waals surface area contributed by atoms with Crippen LogP contribution in [0.1, 0.15) is 46.8 Å². The van der Waals surface area contributed by atoms with Gasteiger partial charge in [0.25, 0.3) is 0 Å². The van der Waals surface area contributed by atoms with Crippen molar-refractivity contribution in [1.82, 2.24) is 0 Å². The Bertz CT molecular complexity index is 972. The first-order valence-corrected chi connectivity index (χ1v) is 9.59. The van der Waals surface area contributed by atoms with Crippen LogP contribution in [0.15, 0.2) is 36.4 Å². The van der Waals surface area contributed by atoms with Gasteiger partial charge in [0.05, 0.1) is 6.42 Å². The second-order valence-electron chi connectivity index (χ2n) is 7.86. The lowest BCUT2D eigenvalue weighted by Crippen LogP contribution is -2.53. The van der Waals surface area contributed by atoms with Gasteiger partial charge in [-0.3, -0.25) is 4.79 Å². The van der Waals surface area contributed by atoms with Gasteiger partial charge in [0.2, 0.25) is 11.5 Å². The zero-order chi connectivity index (χ0) is 21.0. The van der Waals surface area contributed by atoms with Gasteiger partial charge in [0.15, 0.2) is 6.17 Å². The summed E-state index contributed by atoms with van der Waals surface area (Å²) in [4.78, 5) is 14.5. The molecule has 3 nitrogen and oxygen atoms in total. The van der Waals surface area contributed by atoms with Crippen LogP contribution in [0, 0.1) is 6.92 Å². The molecule has 2 atom stereocenters. The molecule has 0 radical (unpaired) electrons. The summed E-state index contributed by atoms with van der Waals surface area (Å²) in [6.45, 7) is 2.36. The molecule has 0 fully saturated rings. The third-order valence-electron chi connectivity index (χ3n) is 5.84. The largest absolute Gasteiger partial charge is 0.424 e. The predicted octanol–water partition coefficient (Wildman–Crippen LogP) is 4.68. The van der Waals surface area contributed by atoms with Crippen molar-refractivity contribution >= 4 is 11.6 Å². The molecule has 1 N–H and O–H groups in total. The number of alkyl halides is 4. The minimum Gasteiger partial charge on any atom is -0.374 e. The molecule has 1 aliphatic carbocycles. The van der Waals surface area contributed by atoms with E-state index in [4.69, 9.17) is 0 Å². The summed E-state index contributed by atoms with van der Waals surface area (Å²) in [5.74, 6) is -0.181. The quantitative estimate of drug-likeness (QED) is 0.735. The molecule has 2 aromatic carbocycles. The Morgan fingerprint density at radius 2 is 2.00 bits per heavy atom. The summed E-state index contributed by atoms with van der Waals surface area (Å²) in [5, 5.41) is 9.95. The standard InChI is InChI=1S/C22H21F4NO2/c1-13-5-4-6-14(9-13)10-19(28)27-8-3-2-7-15-11-17-16(12-18(15)27)20(23)21(17,29)22(24,25)26/h4-6,9,11-12,20,29H,2-3,7-8,10H2,1H3. The minimum atomic E-state index is -5.10. The number of carbonyl (C=O) groups is 1.